The molecule has 0 bridgehead atoms. The van der Waals surface area contributed by atoms with Gasteiger partial charge in [-0.3, -0.25) is 0 Å². The lowest BCUT2D eigenvalue weighted by Crippen LogP contribution is -2.29. The fraction of sp³-hybridized carbons (Fsp3) is 0.231. The van der Waals surface area contributed by atoms with Crippen molar-refractivity contribution in [2.75, 3.05) is 12.8 Å². The van der Waals surface area contributed by atoms with Gasteiger partial charge in [0.25, 0.3) is 0 Å². The fourth-order valence-corrected chi connectivity index (χ4v) is 4.00. The van der Waals surface area contributed by atoms with Crippen LogP contribution in [-0.2, 0) is 10.0 Å². The van der Waals surface area contributed by atoms with E-state index in [4.69, 9.17) is 5.73 Å². The van der Waals surface area contributed by atoms with Crippen LogP contribution in [0, 0.1) is 5.82 Å². The molecule has 1 aromatic heterocycles. The molecule has 1 unspecified atom stereocenters. The second-order valence-corrected chi connectivity index (χ2v) is 7.37. The maximum Gasteiger partial charge on any atom is 0.243 e. The van der Waals surface area contributed by atoms with Gasteiger partial charge in [-0.2, -0.15) is 4.31 Å². The quantitative estimate of drug-likeness (QED) is 0.883. The number of halogens is 1. The first-order chi connectivity index (χ1) is 9.34. The molecule has 1 atom stereocenters. The van der Waals surface area contributed by atoms with Gasteiger partial charge in [-0.1, -0.05) is 6.07 Å². The molecule has 0 radical (unpaired) electrons. The standard InChI is InChI=1S/C13H15FN2O2S2/c1-9(13-4-3-7-19-13)16(2)20(17,18)10-5-6-12(15)11(14)8-10/h3-9H,15H2,1-2H3. The molecule has 7 heteroatoms. The zero-order valence-electron chi connectivity index (χ0n) is 11.1. The summed E-state index contributed by atoms with van der Waals surface area (Å²) in [5.74, 6) is -0.733. The second kappa shape index (κ2) is 5.51. The molecule has 108 valence electrons. The molecule has 0 aliphatic carbocycles. The Bertz CT molecular complexity index is 699. The highest BCUT2D eigenvalue weighted by molar-refractivity contribution is 7.89. The van der Waals surface area contributed by atoms with Crippen LogP contribution in [0.25, 0.3) is 0 Å². The van der Waals surface area contributed by atoms with Crippen molar-refractivity contribution < 1.29 is 12.8 Å². The van der Waals surface area contributed by atoms with E-state index >= 15 is 0 Å². The lowest BCUT2D eigenvalue weighted by molar-refractivity contribution is 0.402. The number of sulfonamides is 1. The lowest BCUT2D eigenvalue weighted by atomic mass is 10.3. The third kappa shape index (κ3) is 2.70. The van der Waals surface area contributed by atoms with Crippen LogP contribution in [0.5, 0.6) is 0 Å². The van der Waals surface area contributed by atoms with Crippen molar-refractivity contribution in [1.29, 1.82) is 0 Å². The minimum atomic E-state index is -3.76. The van der Waals surface area contributed by atoms with Crippen molar-refractivity contribution in [1.82, 2.24) is 4.31 Å². The highest BCUT2D eigenvalue weighted by Crippen LogP contribution is 2.29. The summed E-state index contributed by atoms with van der Waals surface area (Å²) >= 11 is 1.48. The molecule has 1 heterocycles. The Morgan fingerprint density at radius 1 is 1.35 bits per heavy atom. The van der Waals surface area contributed by atoms with Gasteiger partial charge in [0.2, 0.25) is 10.0 Å². The molecule has 0 aliphatic heterocycles. The minimum Gasteiger partial charge on any atom is -0.396 e. The molecule has 0 fully saturated rings. The van der Waals surface area contributed by atoms with Gasteiger partial charge in [-0.25, -0.2) is 12.8 Å². The smallest absolute Gasteiger partial charge is 0.243 e. The van der Waals surface area contributed by atoms with Crippen molar-refractivity contribution in [3.63, 3.8) is 0 Å². The van der Waals surface area contributed by atoms with Crippen molar-refractivity contribution in [2.45, 2.75) is 17.9 Å². The molecule has 2 N–H and O–H groups in total. The van der Waals surface area contributed by atoms with Crippen LogP contribution in [0.3, 0.4) is 0 Å². The van der Waals surface area contributed by atoms with Gasteiger partial charge in [0, 0.05) is 11.9 Å². The Morgan fingerprint density at radius 3 is 2.60 bits per heavy atom. The van der Waals surface area contributed by atoms with E-state index in [1.807, 2.05) is 17.5 Å². The molecule has 0 spiro atoms. The molecular formula is C13H15FN2O2S2. The summed E-state index contributed by atoms with van der Waals surface area (Å²) in [6.07, 6.45) is 0. The van der Waals surface area contributed by atoms with Crippen LogP contribution in [0.1, 0.15) is 17.8 Å². The van der Waals surface area contributed by atoms with E-state index in [-0.39, 0.29) is 16.6 Å². The average Bonchev–Trinajstić information content (AvgIpc) is 2.94. The van der Waals surface area contributed by atoms with Gasteiger partial charge in [0.05, 0.1) is 16.6 Å². The van der Waals surface area contributed by atoms with Crippen molar-refractivity contribution in [2.24, 2.45) is 0 Å². The second-order valence-electron chi connectivity index (χ2n) is 4.40. The Hall–Kier alpha value is -1.44. The number of nitrogens with zero attached hydrogens (tertiary/aromatic N) is 1. The van der Waals surface area contributed by atoms with E-state index < -0.39 is 15.8 Å². The van der Waals surface area contributed by atoms with Gasteiger partial charge in [-0.05, 0) is 36.6 Å². The van der Waals surface area contributed by atoms with E-state index in [1.54, 1.807) is 6.92 Å². The van der Waals surface area contributed by atoms with Gasteiger partial charge in [-0.15, -0.1) is 11.3 Å². The number of thiophene rings is 1. The number of benzene rings is 1. The summed E-state index contributed by atoms with van der Waals surface area (Å²) in [7, 11) is -2.28. The monoisotopic (exact) mass is 314 g/mol. The molecular weight excluding hydrogens is 299 g/mol. The Balaban J connectivity index is 2.36. The third-order valence-electron chi connectivity index (χ3n) is 3.15. The molecule has 2 aromatic rings. The molecule has 0 amide bonds. The van der Waals surface area contributed by atoms with E-state index in [9.17, 15) is 12.8 Å². The zero-order valence-corrected chi connectivity index (χ0v) is 12.7. The number of rotatable bonds is 4. The SMILES string of the molecule is CC(c1cccs1)N(C)S(=O)(=O)c1ccc(N)c(F)c1. The van der Waals surface area contributed by atoms with Gasteiger partial charge in [0.15, 0.2) is 0 Å². The molecule has 4 nitrogen and oxygen atoms in total. The van der Waals surface area contributed by atoms with Gasteiger partial charge < -0.3 is 5.73 Å². The largest absolute Gasteiger partial charge is 0.396 e. The van der Waals surface area contributed by atoms with Crippen molar-refractivity contribution >= 4 is 27.0 Å². The first kappa shape index (κ1) is 15.0. The topological polar surface area (TPSA) is 63.4 Å². The average molecular weight is 314 g/mol. The Kier molecular flexibility index (Phi) is 4.12. The van der Waals surface area contributed by atoms with E-state index in [1.165, 1.54) is 34.8 Å². The fourth-order valence-electron chi connectivity index (χ4n) is 1.75. The maximum absolute atomic E-state index is 13.4. The number of hydrogen-bond donors (Lipinski definition) is 1. The summed E-state index contributed by atoms with van der Waals surface area (Å²) in [6, 6.07) is 6.92. The van der Waals surface area contributed by atoms with E-state index in [0.29, 0.717) is 0 Å². The van der Waals surface area contributed by atoms with Crippen LogP contribution in [0.15, 0.2) is 40.6 Å². The summed E-state index contributed by atoms with van der Waals surface area (Å²) in [4.78, 5) is 0.821. The minimum absolute atomic E-state index is 0.0714. The first-order valence-corrected chi connectivity index (χ1v) is 8.22. The van der Waals surface area contributed by atoms with Crippen molar-refractivity contribution in [3.8, 4) is 0 Å². The summed E-state index contributed by atoms with van der Waals surface area (Å²) in [5, 5.41) is 1.88. The molecule has 1 aromatic carbocycles. The molecule has 2 rings (SSSR count). The van der Waals surface area contributed by atoms with Crippen LogP contribution < -0.4 is 5.73 Å². The summed E-state index contributed by atoms with van der Waals surface area (Å²) < 4.78 is 39.6. The van der Waals surface area contributed by atoms with Crippen LogP contribution in [-0.4, -0.2) is 19.8 Å². The van der Waals surface area contributed by atoms with E-state index in [2.05, 4.69) is 0 Å². The number of anilines is 1. The van der Waals surface area contributed by atoms with Gasteiger partial charge >= 0.3 is 0 Å². The number of hydrogen-bond acceptors (Lipinski definition) is 4. The Morgan fingerprint density at radius 2 is 2.05 bits per heavy atom. The first-order valence-electron chi connectivity index (χ1n) is 5.90. The van der Waals surface area contributed by atoms with E-state index in [0.717, 1.165) is 10.9 Å². The predicted molar refractivity (Wildman–Crippen MR) is 78.5 cm³/mol. The third-order valence-corrected chi connectivity index (χ3v) is 6.12. The summed E-state index contributed by atoms with van der Waals surface area (Å²) in [6.45, 7) is 1.79. The predicted octanol–water partition coefficient (Wildman–Crippen LogP) is 2.85. The highest BCUT2D eigenvalue weighted by atomic mass is 32.2. The van der Waals surface area contributed by atoms with Crippen LogP contribution >= 0.6 is 11.3 Å². The molecule has 0 saturated carbocycles. The molecule has 0 saturated heterocycles. The molecule has 20 heavy (non-hydrogen) atoms. The number of nitrogens with two attached hydrogens (primary N) is 1. The number of nitrogen functional groups attached to an aromatic ring is 1. The van der Waals surface area contributed by atoms with Crippen LogP contribution in [0.4, 0.5) is 10.1 Å². The molecule has 0 aliphatic rings. The van der Waals surface area contributed by atoms with Crippen LogP contribution in [0.2, 0.25) is 0 Å². The zero-order chi connectivity index (χ0) is 14.9. The van der Waals surface area contributed by atoms with Crippen molar-refractivity contribution in [3.05, 3.63) is 46.4 Å². The maximum atomic E-state index is 13.4. The Labute approximate surface area is 121 Å². The summed E-state index contributed by atoms with van der Waals surface area (Å²) in [5.41, 5.74) is 5.29. The normalized spacial score (nSPS) is 13.6. The van der Waals surface area contributed by atoms with Gasteiger partial charge in [0.1, 0.15) is 5.82 Å². The highest BCUT2D eigenvalue weighted by Gasteiger charge is 2.27. The lowest BCUT2D eigenvalue weighted by Gasteiger charge is -2.23.